The minimum Gasteiger partial charge on any atom is -0.388 e. The Morgan fingerprint density at radius 1 is 1.20 bits per heavy atom. The van der Waals surface area contributed by atoms with Crippen LogP contribution in [-0.4, -0.2) is 26.6 Å². The van der Waals surface area contributed by atoms with Crippen LogP contribution in [0, 0.1) is 5.41 Å². The average molecular weight is 297 g/mol. The fourth-order valence-corrected chi connectivity index (χ4v) is 3.16. The van der Waals surface area contributed by atoms with Crippen molar-refractivity contribution in [1.29, 1.82) is 0 Å². The zero-order chi connectivity index (χ0) is 15.0. The van der Waals surface area contributed by atoms with Gasteiger partial charge in [-0.2, -0.15) is 4.37 Å². The molecule has 0 bridgehead atoms. The van der Waals surface area contributed by atoms with Crippen LogP contribution in [0.2, 0.25) is 0 Å². The van der Waals surface area contributed by atoms with E-state index in [4.69, 9.17) is 0 Å². The van der Waals surface area contributed by atoms with Gasteiger partial charge in [-0.3, -0.25) is 0 Å². The second-order valence-electron chi connectivity index (χ2n) is 7.92. The minimum absolute atomic E-state index is 0.0256. The highest BCUT2D eigenvalue weighted by atomic mass is 32.1. The predicted molar refractivity (Wildman–Crippen MR) is 84.3 cm³/mol. The molecule has 114 valence electrons. The fraction of sp³-hybridized carbons (Fsp3) is 0.867. The van der Waals surface area contributed by atoms with Gasteiger partial charge >= 0.3 is 0 Å². The lowest BCUT2D eigenvalue weighted by molar-refractivity contribution is -0.0145. The van der Waals surface area contributed by atoms with E-state index in [0.717, 1.165) is 36.6 Å². The van der Waals surface area contributed by atoms with Gasteiger partial charge in [0.15, 0.2) is 0 Å². The molecule has 1 aliphatic carbocycles. The highest BCUT2D eigenvalue weighted by molar-refractivity contribution is 7.09. The molecule has 2 N–H and O–H groups in total. The number of hydrogen-bond donors (Lipinski definition) is 2. The predicted octanol–water partition coefficient (Wildman–Crippen LogP) is 3.58. The maximum Gasteiger partial charge on any atom is 0.202 e. The Balaban J connectivity index is 1.91. The van der Waals surface area contributed by atoms with Gasteiger partial charge < -0.3 is 10.4 Å². The van der Waals surface area contributed by atoms with Crippen molar-refractivity contribution in [2.24, 2.45) is 5.41 Å². The van der Waals surface area contributed by atoms with E-state index < -0.39 is 5.60 Å². The maximum absolute atomic E-state index is 10.6. The van der Waals surface area contributed by atoms with E-state index in [0.29, 0.717) is 12.0 Å². The lowest BCUT2D eigenvalue weighted by atomic mass is 9.71. The third-order valence-electron chi connectivity index (χ3n) is 4.20. The van der Waals surface area contributed by atoms with Crippen molar-refractivity contribution >= 4 is 16.7 Å². The van der Waals surface area contributed by atoms with Gasteiger partial charge in [0.1, 0.15) is 5.82 Å². The lowest BCUT2D eigenvalue weighted by Crippen LogP contribution is -2.42. The first-order chi connectivity index (χ1) is 9.10. The summed E-state index contributed by atoms with van der Waals surface area (Å²) in [5, 5.41) is 14.7. The summed E-state index contributed by atoms with van der Waals surface area (Å²) in [4.78, 5) is 4.51. The van der Waals surface area contributed by atoms with Crippen LogP contribution in [0.4, 0.5) is 5.13 Å². The van der Waals surface area contributed by atoms with E-state index in [2.05, 4.69) is 49.3 Å². The monoisotopic (exact) mass is 297 g/mol. The molecule has 1 aliphatic rings. The van der Waals surface area contributed by atoms with Crippen molar-refractivity contribution in [1.82, 2.24) is 9.36 Å². The number of nitrogens with zero attached hydrogens (tertiary/aromatic N) is 2. The topological polar surface area (TPSA) is 58.0 Å². The highest BCUT2D eigenvalue weighted by Crippen LogP contribution is 2.40. The summed E-state index contributed by atoms with van der Waals surface area (Å²) >= 11 is 1.38. The van der Waals surface area contributed by atoms with Gasteiger partial charge in [0.05, 0.1) is 5.60 Å². The number of nitrogens with one attached hydrogen (secondary N) is 1. The summed E-state index contributed by atoms with van der Waals surface area (Å²) in [6.45, 7) is 11.4. The number of rotatable bonds is 3. The van der Waals surface area contributed by atoms with Gasteiger partial charge in [-0.05, 0) is 31.1 Å². The third-order valence-corrected chi connectivity index (χ3v) is 4.87. The average Bonchev–Trinajstić information content (AvgIpc) is 2.80. The van der Waals surface area contributed by atoms with Crippen molar-refractivity contribution in [3.05, 3.63) is 5.82 Å². The number of anilines is 1. The third kappa shape index (κ3) is 3.92. The van der Waals surface area contributed by atoms with Crippen LogP contribution in [-0.2, 0) is 5.41 Å². The summed E-state index contributed by atoms with van der Waals surface area (Å²) in [5.41, 5.74) is -0.250. The Bertz CT molecular complexity index is 452. The Kier molecular flexibility index (Phi) is 4.13. The normalized spacial score (nSPS) is 21.7. The van der Waals surface area contributed by atoms with Crippen LogP contribution in [0.5, 0.6) is 0 Å². The largest absolute Gasteiger partial charge is 0.388 e. The SMILES string of the molecule is CC1(C)CCC(O)(CNc2nc(C(C)(C)C)ns2)CC1. The van der Waals surface area contributed by atoms with Gasteiger partial charge in [-0.25, -0.2) is 4.98 Å². The van der Waals surface area contributed by atoms with Gasteiger partial charge in [0.2, 0.25) is 5.13 Å². The molecule has 0 unspecified atom stereocenters. The quantitative estimate of drug-likeness (QED) is 0.895. The van der Waals surface area contributed by atoms with E-state index >= 15 is 0 Å². The first-order valence-corrected chi connectivity index (χ1v) is 8.18. The molecule has 1 heterocycles. The fourth-order valence-electron chi connectivity index (χ4n) is 2.41. The van der Waals surface area contributed by atoms with Crippen molar-refractivity contribution in [3.63, 3.8) is 0 Å². The molecule has 0 atom stereocenters. The Hall–Kier alpha value is -0.680. The standard InChI is InChI=1S/C15H27N3OS/c1-13(2,3)11-17-12(20-18-11)16-10-15(19)8-6-14(4,5)7-9-15/h19H,6-10H2,1-5H3,(H,16,17,18). The smallest absolute Gasteiger partial charge is 0.202 e. The Morgan fingerprint density at radius 2 is 1.80 bits per heavy atom. The summed E-state index contributed by atoms with van der Waals surface area (Å²) in [5.74, 6) is 0.863. The molecular formula is C15H27N3OS. The number of aliphatic hydroxyl groups is 1. The van der Waals surface area contributed by atoms with E-state index in [1.54, 1.807) is 0 Å². The molecule has 1 aromatic rings. The van der Waals surface area contributed by atoms with Gasteiger partial charge in [0, 0.05) is 23.5 Å². The number of hydrogen-bond acceptors (Lipinski definition) is 5. The van der Waals surface area contributed by atoms with E-state index in [1.165, 1.54) is 11.5 Å². The molecule has 0 aliphatic heterocycles. The van der Waals surface area contributed by atoms with Gasteiger partial charge in [-0.15, -0.1) is 0 Å². The van der Waals surface area contributed by atoms with Crippen molar-refractivity contribution in [2.75, 3.05) is 11.9 Å². The van der Waals surface area contributed by atoms with Crippen molar-refractivity contribution in [3.8, 4) is 0 Å². The second kappa shape index (κ2) is 5.26. The van der Waals surface area contributed by atoms with Crippen LogP contribution in [0.15, 0.2) is 0 Å². The van der Waals surface area contributed by atoms with Crippen molar-refractivity contribution < 1.29 is 5.11 Å². The second-order valence-corrected chi connectivity index (χ2v) is 8.67. The zero-order valence-corrected chi connectivity index (χ0v) is 14.1. The Labute approximate surface area is 126 Å². The first kappa shape index (κ1) is 15.7. The molecule has 20 heavy (non-hydrogen) atoms. The molecular weight excluding hydrogens is 270 g/mol. The molecule has 0 saturated heterocycles. The van der Waals surface area contributed by atoms with E-state index in [9.17, 15) is 5.11 Å². The maximum atomic E-state index is 10.6. The molecule has 2 rings (SSSR count). The van der Waals surface area contributed by atoms with Crippen LogP contribution in [0.1, 0.15) is 66.1 Å². The number of aromatic nitrogens is 2. The first-order valence-electron chi connectivity index (χ1n) is 7.40. The van der Waals surface area contributed by atoms with Crippen molar-refractivity contribution in [2.45, 2.75) is 71.3 Å². The van der Waals surface area contributed by atoms with Crippen LogP contribution in [0.25, 0.3) is 0 Å². The molecule has 0 aromatic carbocycles. The van der Waals surface area contributed by atoms with Gasteiger partial charge in [0.25, 0.3) is 0 Å². The molecule has 0 spiro atoms. The highest BCUT2D eigenvalue weighted by Gasteiger charge is 2.36. The summed E-state index contributed by atoms with van der Waals surface area (Å²) in [6, 6.07) is 0. The van der Waals surface area contributed by atoms with Crippen LogP contribution < -0.4 is 5.32 Å². The molecule has 0 amide bonds. The van der Waals surface area contributed by atoms with E-state index in [-0.39, 0.29) is 5.41 Å². The van der Waals surface area contributed by atoms with Crippen LogP contribution in [0.3, 0.4) is 0 Å². The molecule has 4 nitrogen and oxygen atoms in total. The van der Waals surface area contributed by atoms with Crippen LogP contribution >= 0.6 is 11.5 Å². The molecule has 1 aromatic heterocycles. The Morgan fingerprint density at radius 3 is 2.30 bits per heavy atom. The van der Waals surface area contributed by atoms with Gasteiger partial charge in [-0.1, -0.05) is 34.6 Å². The summed E-state index contributed by atoms with van der Waals surface area (Å²) in [6.07, 6.45) is 3.87. The lowest BCUT2D eigenvalue weighted by Gasteiger charge is -2.40. The summed E-state index contributed by atoms with van der Waals surface area (Å²) < 4.78 is 4.38. The zero-order valence-electron chi connectivity index (χ0n) is 13.3. The molecule has 0 radical (unpaired) electrons. The molecule has 1 fully saturated rings. The summed E-state index contributed by atoms with van der Waals surface area (Å²) in [7, 11) is 0. The molecule has 1 saturated carbocycles. The molecule has 5 heteroatoms. The van der Waals surface area contributed by atoms with E-state index in [1.807, 2.05) is 0 Å². The minimum atomic E-state index is -0.594.